The number of hydrazone groups is 1. The number of non-ortho nitro benzene ring substituents is 1. The summed E-state index contributed by atoms with van der Waals surface area (Å²) in [5.41, 5.74) is 10.2. The maximum absolute atomic E-state index is 11.6. The molecule has 0 spiro atoms. The van der Waals surface area contributed by atoms with E-state index in [0.29, 0.717) is 25.1 Å². The molecule has 2 aliphatic rings. The number of fused-ring (bicyclic) bond motifs is 3. The van der Waals surface area contributed by atoms with Crippen LogP contribution in [0.25, 0.3) is 0 Å². The van der Waals surface area contributed by atoms with Crippen molar-refractivity contribution in [2.75, 3.05) is 23.0 Å². The summed E-state index contributed by atoms with van der Waals surface area (Å²) in [4.78, 5) is 18.2. The fourth-order valence-corrected chi connectivity index (χ4v) is 4.25. The molecule has 8 nitrogen and oxygen atoms in total. The normalized spacial score (nSPS) is 17.2. The first-order valence-corrected chi connectivity index (χ1v) is 10.5. The van der Waals surface area contributed by atoms with Gasteiger partial charge in [-0.2, -0.15) is 5.10 Å². The molecule has 0 aromatic heterocycles. The molecule has 2 heterocycles. The van der Waals surface area contributed by atoms with Crippen LogP contribution in [-0.2, 0) is 0 Å². The van der Waals surface area contributed by atoms with E-state index in [-0.39, 0.29) is 16.8 Å². The first-order valence-electron chi connectivity index (χ1n) is 10.5. The third kappa shape index (κ3) is 3.40. The second-order valence-electron chi connectivity index (χ2n) is 7.61. The van der Waals surface area contributed by atoms with Crippen molar-refractivity contribution in [3.05, 3.63) is 100 Å². The van der Waals surface area contributed by atoms with Gasteiger partial charge < -0.3 is 10.6 Å². The van der Waals surface area contributed by atoms with E-state index >= 15 is 0 Å². The number of para-hydroxylation sites is 1. The molecule has 2 aliphatic heterocycles. The second-order valence-corrected chi connectivity index (χ2v) is 7.61. The van der Waals surface area contributed by atoms with Crippen LogP contribution in [-0.4, -0.2) is 35.7 Å². The third-order valence-corrected chi connectivity index (χ3v) is 5.66. The van der Waals surface area contributed by atoms with Crippen LogP contribution in [0.1, 0.15) is 17.5 Å². The fourth-order valence-electron chi connectivity index (χ4n) is 4.25. The SMILES string of the molecule is NCCC1N(c2ccccc2)N=C2CN=C(c3ccccc3)c3cc([N+](=O)[O-])ccc3N21. The Labute approximate surface area is 185 Å². The zero-order valence-electron chi connectivity index (χ0n) is 17.3. The lowest BCUT2D eigenvalue weighted by Crippen LogP contribution is -2.44. The van der Waals surface area contributed by atoms with Gasteiger partial charge in [-0.1, -0.05) is 48.5 Å². The lowest BCUT2D eigenvalue weighted by atomic mass is 9.99. The largest absolute Gasteiger partial charge is 0.330 e. The van der Waals surface area contributed by atoms with E-state index in [1.165, 1.54) is 6.07 Å². The van der Waals surface area contributed by atoms with E-state index in [2.05, 4.69) is 4.90 Å². The van der Waals surface area contributed by atoms with E-state index in [1.807, 2.05) is 65.7 Å². The Hall–Kier alpha value is -4.04. The van der Waals surface area contributed by atoms with Gasteiger partial charge in [-0.3, -0.25) is 15.1 Å². The molecule has 0 aliphatic carbocycles. The van der Waals surface area contributed by atoms with E-state index in [4.69, 9.17) is 15.8 Å². The number of aliphatic imine (C=N–C) groups is 1. The molecule has 1 unspecified atom stereocenters. The highest BCUT2D eigenvalue weighted by Crippen LogP contribution is 2.37. The summed E-state index contributed by atoms with van der Waals surface area (Å²) in [6.45, 7) is 0.832. The molecule has 0 amide bonds. The molecule has 160 valence electrons. The van der Waals surface area contributed by atoms with Crippen LogP contribution in [0.3, 0.4) is 0 Å². The van der Waals surface area contributed by atoms with Crippen LogP contribution in [0.15, 0.2) is 89.0 Å². The summed E-state index contributed by atoms with van der Waals surface area (Å²) >= 11 is 0. The molecule has 0 saturated carbocycles. The summed E-state index contributed by atoms with van der Waals surface area (Å²) < 4.78 is 0. The molecular formula is C24H22N6O2. The zero-order valence-corrected chi connectivity index (χ0v) is 17.3. The number of rotatable bonds is 5. The number of nitro benzene ring substituents is 1. The average Bonchev–Trinajstić information content (AvgIpc) is 3.10. The first kappa shape index (κ1) is 19.9. The molecule has 3 aromatic carbocycles. The van der Waals surface area contributed by atoms with Crippen LogP contribution in [0, 0.1) is 10.1 Å². The topological polar surface area (TPSA) is 100 Å². The van der Waals surface area contributed by atoms with Crippen molar-refractivity contribution in [3.63, 3.8) is 0 Å². The Morgan fingerprint density at radius 3 is 2.44 bits per heavy atom. The van der Waals surface area contributed by atoms with Gasteiger partial charge in [0.2, 0.25) is 0 Å². The molecule has 3 aromatic rings. The number of hydrogen-bond donors (Lipinski definition) is 1. The van der Waals surface area contributed by atoms with Crippen molar-refractivity contribution >= 4 is 28.6 Å². The predicted molar refractivity (Wildman–Crippen MR) is 126 cm³/mol. The molecule has 2 N–H and O–H groups in total. The monoisotopic (exact) mass is 426 g/mol. The van der Waals surface area contributed by atoms with Crippen molar-refractivity contribution < 1.29 is 4.92 Å². The fraction of sp³-hybridized carbons (Fsp3) is 0.167. The Kier molecular flexibility index (Phi) is 5.12. The summed E-state index contributed by atoms with van der Waals surface area (Å²) in [6, 6.07) is 24.6. The number of anilines is 2. The quantitative estimate of drug-likeness (QED) is 0.495. The minimum absolute atomic E-state index is 0.0299. The molecule has 1 atom stereocenters. The summed E-state index contributed by atoms with van der Waals surface area (Å²) in [5, 5.41) is 18.4. The van der Waals surface area contributed by atoms with Gasteiger partial charge in [-0.25, -0.2) is 5.01 Å². The minimum Gasteiger partial charge on any atom is -0.330 e. The lowest BCUT2D eigenvalue weighted by molar-refractivity contribution is -0.384. The Balaban J connectivity index is 1.69. The molecule has 0 bridgehead atoms. The first-order chi connectivity index (χ1) is 15.7. The highest BCUT2D eigenvalue weighted by Gasteiger charge is 2.38. The van der Waals surface area contributed by atoms with Gasteiger partial charge in [-0.05, 0) is 24.7 Å². The number of nitrogens with zero attached hydrogens (tertiary/aromatic N) is 5. The van der Waals surface area contributed by atoms with Gasteiger partial charge in [0.15, 0.2) is 5.84 Å². The number of amidine groups is 1. The van der Waals surface area contributed by atoms with Crippen molar-refractivity contribution in [2.24, 2.45) is 15.8 Å². The number of hydrogen-bond acceptors (Lipinski definition) is 7. The molecular weight excluding hydrogens is 404 g/mol. The van der Waals surface area contributed by atoms with Crippen molar-refractivity contribution in [3.8, 4) is 0 Å². The maximum Gasteiger partial charge on any atom is 0.270 e. The van der Waals surface area contributed by atoms with Gasteiger partial charge in [0, 0.05) is 29.7 Å². The third-order valence-electron chi connectivity index (χ3n) is 5.66. The van der Waals surface area contributed by atoms with Crippen molar-refractivity contribution in [2.45, 2.75) is 12.6 Å². The smallest absolute Gasteiger partial charge is 0.270 e. The van der Waals surface area contributed by atoms with Gasteiger partial charge in [0.1, 0.15) is 6.17 Å². The highest BCUT2D eigenvalue weighted by molar-refractivity contribution is 6.21. The Morgan fingerprint density at radius 1 is 1.03 bits per heavy atom. The van der Waals surface area contributed by atoms with Crippen LogP contribution in [0.5, 0.6) is 0 Å². The average molecular weight is 426 g/mol. The molecule has 0 radical (unpaired) electrons. The van der Waals surface area contributed by atoms with E-state index < -0.39 is 0 Å². The molecule has 0 saturated heterocycles. The maximum atomic E-state index is 11.6. The predicted octanol–water partition coefficient (Wildman–Crippen LogP) is 3.76. The Bertz CT molecular complexity index is 1210. The summed E-state index contributed by atoms with van der Waals surface area (Å²) in [6.07, 6.45) is 0.516. The number of benzene rings is 3. The van der Waals surface area contributed by atoms with Crippen LogP contribution >= 0.6 is 0 Å². The van der Waals surface area contributed by atoms with Crippen molar-refractivity contribution in [1.82, 2.24) is 0 Å². The summed E-state index contributed by atoms with van der Waals surface area (Å²) in [7, 11) is 0. The Morgan fingerprint density at radius 2 is 1.75 bits per heavy atom. The number of nitro groups is 1. The molecule has 5 rings (SSSR count). The van der Waals surface area contributed by atoms with Gasteiger partial charge in [0.25, 0.3) is 5.69 Å². The minimum atomic E-state index is -0.375. The van der Waals surface area contributed by atoms with E-state index in [1.54, 1.807) is 12.1 Å². The standard InChI is InChI=1S/C24H22N6O2/c25-14-13-23-28-21-12-11-19(30(31)32)15-20(21)24(17-7-3-1-4-8-17)26-16-22(28)27-29(23)18-9-5-2-6-10-18/h1-12,15,23H,13-14,16,25H2. The second kappa shape index (κ2) is 8.24. The van der Waals surface area contributed by atoms with Crippen LogP contribution < -0.4 is 15.6 Å². The van der Waals surface area contributed by atoms with Gasteiger partial charge >= 0.3 is 0 Å². The van der Waals surface area contributed by atoms with Crippen LogP contribution in [0.2, 0.25) is 0 Å². The van der Waals surface area contributed by atoms with Gasteiger partial charge in [0.05, 0.1) is 28.6 Å². The van der Waals surface area contributed by atoms with E-state index in [9.17, 15) is 10.1 Å². The van der Waals surface area contributed by atoms with Gasteiger partial charge in [-0.15, -0.1) is 0 Å². The highest BCUT2D eigenvalue weighted by atomic mass is 16.6. The lowest BCUT2D eigenvalue weighted by Gasteiger charge is -2.32. The summed E-state index contributed by atoms with van der Waals surface area (Å²) in [5.74, 6) is 0.785. The number of nitrogens with two attached hydrogens (primary N) is 1. The molecule has 8 heteroatoms. The van der Waals surface area contributed by atoms with E-state index in [0.717, 1.165) is 28.5 Å². The molecule has 0 fully saturated rings. The van der Waals surface area contributed by atoms with Crippen LogP contribution in [0.4, 0.5) is 17.1 Å². The molecule has 32 heavy (non-hydrogen) atoms. The van der Waals surface area contributed by atoms with Crippen molar-refractivity contribution in [1.29, 1.82) is 0 Å². The zero-order chi connectivity index (χ0) is 22.1.